The van der Waals surface area contributed by atoms with Gasteiger partial charge in [0.2, 0.25) is 0 Å². The van der Waals surface area contributed by atoms with Crippen molar-refractivity contribution in [2.24, 2.45) is 11.8 Å². The number of hydrogen-bond donors (Lipinski definition) is 1. The summed E-state index contributed by atoms with van der Waals surface area (Å²) in [4.78, 5) is 23.0. The van der Waals surface area contributed by atoms with Crippen LogP contribution in [0.5, 0.6) is 0 Å². The van der Waals surface area contributed by atoms with Crippen LogP contribution >= 0.6 is 0 Å². The Labute approximate surface area is 108 Å². The lowest BCUT2D eigenvalue weighted by molar-refractivity contribution is -0.145. The molecule has 1 rings (SSSR count). The van der Waals surface area contributed by atoms with Crippen molar-refractivity contribution in [3.05, 3.63) is 0 Å². The van der Waals surface area contributed by atoms with Crippen LogP contribution < -0.4 is 5.32 Å². The summed E-state index contributed by atoms with van der Waals surface area (Å²) < 4.78 is 9.86. The van der Waals surface area contributed by atoms with Crippen LogP contribution in [0.4, 0.5) is 4.79 Å². The van der Waals surface area contributed by atoms with Crippen LogP contribution in [0.2, 0.25) is 0 Å². The molecule has 1 amide bonds. The number of hydrogen-bond acceptors (Lipinski definition) is 4. The van der Waals surface area contributed by atoms with E-state index in [1.807, 2.05) is 0 Å². The summed E-state index contributed by atoms with van der Waals surface area (Å²) in [5.74, 6) is 0.0718. The van der Waals surface area contributed by atoms with Gasteiger partial charge in [0.25, 0.3) is 0 Å². The first-order valence-electron chi connectivity index (χ1n) is 6.36. The Morgan fingerprint density at radius 2 is 1.94 bits per heavy atom. The number of esters is 1. The molecule has 1 saturated carbocycles. The van der Waals surface area contributed by atoms with Gasteiger partial charge in [-0.2, -0.15) is 0 Å². The first-order valence-corrected chi connectivity index (χ1v) is 6.36. The van der Waals surface area contributed by atoms with Crippen molar-refractivity contribution < 1.29 is 19.1 Å². The van der Waals surface area contributed by atoms with Crippen LogP contribution in [-0.4, -0.2) is 31.3 Å². The van der Waals surface area contributed by atoms with Crippen LogP contribution in [-0.2, 0) is 14.3 Å². The van der Waals surface area contributed by atoms with Gasteiger partial charge in [-0.25, -0.2) is 4.79 Å². The molecule has 0 heterocycles. The zero-order valence-electron chi connectivity index (χ0n) is 11.6. The quantitative estimate of drug-likeness (QED) is 0.766. The monoisotopic (exact) mass is 257 g/mol. The van der Waals surface area contributed by atoms with E-state index in [1.165, 1.54) is 20.0 Å². The van der Waals surface area contributed by atoms with Crippen molar-refractivity contribution in [2.45, 2.75) is 45.6 Å². The van der Waals surface area contributed by atoms with Gasteiger partial charge in [-0.1, -0.05) is 12.8 Å². The topological polar surface area (TPSA) is 64.6 Å². The van der Waals surface area contributed by atoms with Crippen molar-refractivity contribution in [3.63, 3.8) is 0 Å². The van der Waals surface area contributed by atoms with Gasteiger partial charge in [0.05, 0.1) is 13.0 Å². The van der Waals surface area contributed by atoms with Gasteiger partial charge in [0.1, 0.15) is 5.60 Å². The maximum absolute atomic E-state index is 11.6. The summed E-state index contributed by atoms with van der Waals surface area (Å²) in [5, 5.41) is 2.63. The SMILES string of the molecule is COC(=O)C(CNC(=O)OC(C)(C)C)CC1CC1. The molecule has 1 N–H and O–H groups in total. The molecule has 0 aromatic rings. The fourth-order valence-corrected chi connectivity index (χ4v) is 1.71. The van der Waals surface area contributed by atoms with Crippen molar-refractivity contribution in [3.8, 4) is 0 Å². The van der Waals surface area contributed by atoms with E-state index < -0.39 is 11.7 Å². The highest BCUT2D eigenvalue weighted by molar-refractivity contribution is 5.74. The Balaban J connectivity index is 2.36. The minimum absolute atomic E-state index is 0.266. The maximum Gasteiger partial charge on any atom is 0.407 e. The van der Waals surface area contributed by atoms with Gasteiger partial charge in [-0.15, -0.1) is 0 Å². The smallest absolute Gasteiger partial charge is 0.407 e. The normalized spacial score (nSPS) is 16.9. The minimum Gasteiger partial charge on any atom is -0.469 e. The molecule has 1 atom stereocenters. The number of carbonyl (C=O) groups is 2. The first kappa shape index (κ1) is 14.8. The molecule has 1 fully saturated rings. The molecular weight excluding hydrogens is 234 g/mol. The Bertz CT molecular complexity index is 305. The van der Waals surface area contributed by atoms with Crippen molar-refractivity contribution in [1.29, 1.82) is 0 Å². The van der Waals surface area contributed by atoms with Crippen molar-refractivity contribution in [2.75, 3.05) is 13.7 Å². The molecule has 5 heteroatoms. The van der Waals surface area contributed by atoms with E-state index in [-0.39, 0.29) is 18.4 Å². The third kappa shape index (κ3) is 5.89. The molecule has 104 valence electrons. The molecule has 18 heavy (non-hydrogen) atoms. The number of carbonyl (C=O) groups excluding carboxylic acids is 2. The van der Waals surface area contributed by atoms with Crippen LogP contribution in [0.25, 0.3) is 0 Å². The van der Waals surface area contributed by atoms with E-state index in [1.54, 1.807) is 20.8 Å². The molecular formula is C13H23NO4. The molecule has 1 unspecified atom stereocenters. The number of ether oxygens (including phenoxy) is 2. The molecule has 0 radical (unpaired) electrons. The second-order valence-electron chi connectivity index (χ2n) is 5.78. The molecule has 0 aromatic carbocycles. The van der Waals surface area contributed by atoms with Gasteiger partial charge in [0.15, 0.2) is 0 Å². The molecule has 0 saturated heterocycles. The average molecular weight is 257 g/mol. The zero-order chi connectivity index (χ0) is 13.8. The predicted molar refractivity (Wildman–Crippen MR) is 67.1 cm³/mol. The fraction of sp³-hybridized carbons (Fsp3) is 0.846. The maximum atomic E-state index is 11.6. The third-order valence-electron chi connectivity index (χ3n) is 2.74. The lowest BCUT2D eigenvalue weighted by Crippen LogP contribution is -2.37. The summed E-state index contributed by atoms with van der Waals surface area (Å²) in [6.45, 7) is 5.68. The molecule has 0 aliphatic heterocycles. The molecule has 0 spiro atoms. The van der Waals surface area contributed by atoms with E-state index in [2.05, 4.69) is 5.32 Å². The summed E-state index contributed by atoms with van der Waals surface area (Å²) >= 11 is 0. The molecule has 0 bridgehead atoms. The summed E-state index contributed by atoms with van der Waals surface area (Å²) in [6.07, 6.45) is 2.62. The van der Waals surface area contributed by atoms with E-state index >= 15 is 0 Å². The first-order chi connectivity index (χ1) is 8.31. The van der Waals surface area contributed by atoms with E-state index in [0.29, 0.717) is 5.92 Å². The van der Waals surface area contributed by atoms with Crippen LogP contribution in [0.1, 0.15) is 40.0 Å². The Morgan fingerprint density at radius 3 is 2.39 bits per heavy atom. The zero-order valence-corrected chi connectivity index (χ0v) is 11.6. The highest BCUT2D eigenvalue weighted by Crippen LogP contribution is 2.35. The van der Waals surface area contributed by atoms with Gasteiger partial charge in [-0.3, -0.25) is 4.79 Å². The van der Waals surface area contributed by atoms with E-state index in [4.69, 9.17) is 9.47 Å². The summed E-state index contributed by atoms with van der Waals surface area (Å²) in [5.41, 5.74) is -0.526. The molecule has 1 aliphatic rings. The lowest BCUT2D eigenvalue weighted by Gasteiger charge is -2.21. The van der Waals surface area contributed by atoms with Gasteiger partial charge in [0, 0.05) is 6.54 Å². The van der Waals surface area contributed by atoms with Crippen molar-refractivity contribution in [1.82, 2.24) is 5.32 Å². The van der Waals surface area contributed by atoms with Crippen molar-refractivity contribution >= 4 is 12.1 Å². The minimum atomic E-state index is -0.526. The Hall–Kier alpha value is -1.26. The molecule has 0 aromatic heterocycles. The number of rotatable bonds is 5. The summed E-state index contributed by atoms with van der Waals surface area (Å²) in [6, 6.07) is 0. The highest BCUT2D eigenvalue weighted by atomic mass is 16.6. The Morgan fingerprint density at radius 1 is 1.33 bits per heavy atom. The number of alkyl carbamates (subject to hydrolysis) is 1. The summed E-state index contributed by atoms with van der Waals surface area (Å²) in [7, 11) is 1.37. The van der Waals surface area contributed by atoms with Gasteiger partial charge >= 0.3 is 12.1 Å². The number of amides is 1. The van der Waals surface area contributed by atoms with E-state index in [0.717, 1.165) is 6.42 Å². The van der Waals surface area contributed by atoms with Crippen LogP contribution in [0, 0.1) is 11.8 Å². The van der Waals surface area contributed by atoms with Crippen LogP contribution in [0.3, 0.4) is 0 Å². The Kier molecular flexibility index (Phi) is 4.99. The fourth-order valence-electron chi connectivity index (χ4n) is 1.71. The standard InChI is InChI=1S/C13H23NO4/c1-13(2,3)18-12(16)14-8-10(11(15)17-4)7-9-5-6-9/h9-10H,5-8H2,1-4H3,(H,14,16). The number of nitrogens with one attached hydrogen (secondary N) is 1. The van der Waals surface area contributed by atoms with Gasteiger partial charge in [-0.05, 0) is 33.1 Å². The largest absolute Gasteiger partial charge is 0.469 e. The lowest BCUT2D eigenvalue weighted by atomic mass is 10.0. The second-order valence-corrected chi connectivity index (χ2v) is 5.78. The molecule has 1 aliphatic carbocycles. The third-order valence-corrected chi connectivity index (χ3v) is 2.74. The van der Waals surface area contributed by atoms with Crippen LogP contribution in [0.15, 0.2) is 0 Å². The van der Waals surface area contributed by atoms with E-state index in [9.17, 15) is 9.59 Å². The molecule has 5 nitrogen and oxygen atoms in total. The average Bonchev–Trinajstić information content (AvgIpc) is 3.04. The second kappa shape index (κ2) is 6.07. The predicted octanol–water partition coefficient (Wildman–Crippen LogP) is 2.10. The number of methoxy groups -OCH3 is 1. The van der Waals surface area contributed by atoms with Gasteiger partial charge < -0.3 is 14.8 Å². The highest BCUT2D eigenvalue weighted by Gasteiger charge is 2.30.